The number of carbonyl (C=O) groups is 1. The van der Waals surface area contributed by atoms with Crippen LogP contribution in [0.2, 0.25) is 5.02 Å². The second-order valence-corrected chi connectivity index (χ2v) is 5.42. The first-order chi connectivity index (χ1) is 8.90. The highest BCUT2D eigenvalue weighted by Gasteiger charge is 2.07. The molecule has 0 saturated heterocycles. The molecule has 0 bridgehead atoms. The van der Waals surface area contributed by atoms with E-state index >= 15 is 0 Å². The van der Waals surface area contributed by atoms with E-state index in [0.29, 0.717) is 10.9 Å². The van der Waals surface area contributed by atoms with Gasteiger partial charge < -0.3 is 10.0 Å². The van der Waals surface area contributed by atoms with Crippen molar-refractivity contribution >= 4 is 29.3 Å². The first kappa shape index (κ1) is 15.6. The summed E-state index contributed by atoms with van der Waals surface area (Å²) < 4.78 is 0. The molecule has 0 amide bonds. The van der Waals surface area contributed by atoms with Gasteiger partial charge in [0, 0.05) is 30.4 Å². The third-order valence-electron chi connectivity index (χ3n) is 2.85. The molecule has 104 valence electrons. The van der Waals surface area contributed by atoms with Crippen LogP contribution in [-0.2, 0) is 4.79 Å². The normalized spacial score (nSPS) is 11.2. The fourth-order valence-electron chi connectivity index (χ4n) is 1.72. The Morgan fingerprint density at radius 2 is 2.16 bits per heavy atom. The molecule has 3 nitrogen and oxygen atoms in total. The Hall–Kier alpha value is -1.48. The highest BCUT2D eigenvalue weighted by Crippen LogP contribution is 2.25. The van der Waals surface area contributed by atoms with E-state index in [9.17, 15) is 4.79 Å². The molecular formula is C15H20ClNO2. The van der Waals surface area contributed by atoms with Crippen LogP contribution in [0.4, 0.5) is 5.69 Å². The molecule has 19 heavy (non-hydrogen) atoms. The van der Waals surface area contributed by atoms with Gasteiger partial charge >= 0.3 is 5.97 Å². The van der Waals surface area contributed by atoms with Gasteiger partial charge in [-0.1, -0.05) is 31.5 Å². The van der Waals surface area contributed by atoms with E-state index in [2.05, 4.69) is 18.7 Å². The third kappa shape index (κ3) is 5.35. The van der Waals surface area contributed by atoms with Gasteiger partial charge in [0.2, 0.25) is 0 Å². The third-order valence-corrected chi connectivity index (χ3v) is 3.09. The molecule has 1 N–H and O–H groups in total. The van der Waals surface area contributed by atoms with Crippen molar-refractivity contribution in [1.29, 1.82) is 0 Å². The van der Waals surface area contributed by atoms with Crippen LogP contribution < -0.4 is 4.90 Å². The van der Waals surface area contributed by atoms with Crippen molar-refractivity contribution in [3.05, 3.63) is 34.9 Å². The predicted molar refractivity (Wildman–Crippen MR) is 80.8 cm³/mol. The predicted octanol–water partition coefficient (Wildman–Crippen LogP) is 3.92. The van der Waals surface area contributed by atoms with E-state index < -0.39 is 5.97 Å². The molecule has 0 saturated carbocycles. The molecule has 0 aliphatic rings. The van der Waals surface area contributed by atoms with Gasteiger partial charge in [-0.3, -0.25) is 0 Å². The Kier molecular flexibility index (Phi) is 5.90. The molecule has 0 radical (unpaired) electrons. The summed E-state index contributed by atoms with van der Waals surface area (Å²) in [5.41, 5.74) is 1.81. The number of hydrogen-bond acceptors (Lipinski definition) is 2. The van der Waals surface area contributed by atoms with Gasteiger partial charge in [-0.05, 0) is 36.1 Å². The van der Waals surface area contributed by atoms with Crippen molar-refractivity contribution < 1.29 is 9.90 Å². The Morgan fingerprint density at radius 1 is 1.47 bits per heavy atom. The highest BCUT2D eigenvalue weighted by atomic mass is 35.5. The first-order valence-electron chi connectivity index (χ1n) is 6.32. The van der Waals surface area contributed by atoms with Crippen LogP contribution in [0.1, 0.15) is 25.8 Å². The second-order valence-electron chi connectivity index (χ2n) is 4.98. The van der Waals surface area contributed by atoms with Gasteiger partial charge in [-0.15, -0.1) is 0 Å². The highest BCUT2D eigenvalue weighted by molar-refractivity contribution is 6.31. The minimum atomic E-state index is -0.953. The van der Waals surface area contributed by atoms with Crippen molar-refractivity contribution in [3.8, 4) is 0 Å². The molecule has 0 fully saturated rings. The minimum Gasteiger partial charge on any atom is -0.478 e. The lowest BCUT2D eigenvalue weighted by atomic mass is 10.1. The van der Waals surface area contributed by atoms with Gasteiger partial charge in [-0.25, -0.2) is 4.79 Å². The molecule has 0 aliphatic heterocycles. The van der Waals surface area contributed by atoms with Gasteiger partial charge in [0.25, 0.3) is 0 Å². The molecule has 0 spiro atoms. The van der Waals surface area contributed by atoms with Crippen LogP contribution in [0, 0.1) is 5.92 Å². The summed E-state index contributed by atoms with van der Waals surface area (Å²) >= 11 is 6.02. The average molecular weight is 282 g/mol. The summed E-state index contributed by atoms with van der Waals surface area (Å²) in [5, 5.41) is 9.36. The standard InChI is InChI=1S/C15H20ClNO2/c1-11(2)8-9-17(3)14-10-13(16)6-4-12(14)5-7-15(18)19/h4-7,10-11H,8-9H2,1-3H3,(H,18,19)/b7-5+. The van der Waals surface area contributed by atoms with E-state index in [1.54, 1.807) is 12.1 Å². The zero-order valence-electron chi connectivity index (χ0n) is 11.6. The van der Waals surface area contributed by atoms with Crippen molar-refractivity contribution in [2.45, 2.75) is 20.3 Å². The molecule has 0 aromatic heterocycles. The second kappa shape index (κ2) is 7.19. The summed E-state index contributed by atoms with van der Waals surface area (Å²) in [5.74, 6) is -0.328. The summed E-state index contributed by atoms with van der Waals surface area (Å²) in [7, 11) is 1.99. The van der Waals surface area contributed by atoms with Gasteiger partial charge in [0.05, 0.1) is 0 Å². The van der Waals surface area contributed by atoms with Crippen molar-refractivity contribution in [2.24, 2.45) is 5.92 Å². The smallest absolute Gasteiger partial charge is 0.328 e. The molecule has 0 heterocycles. The van der Waals surface area contributed by atoms with Crippen LogP contribution in [0.25, 0.3) is 6.08 Å². The van der Waals surface area contributed by atoms with Crippen molar-refractivity contribution in [2.75, 3.05) is 18.5 Å². The van der Waals surface area contributed by atoms with Gasteiger partial charge in [0.15, 0.2) is 0 Å². The average Bonchev–Trinajstić information content (AvgIpc) is 2.34. The van der Waals surface area contributed by atoms with E-state index in [1.807, 2.05) is 19.2 Å². The van der Waals surface area contributed by atoms with Gasteiger partial charge in [-0.2, -0.15) is 0 Å². The maximum Gasteiger partial charge on any atom is 0.328 e. The maximum absolute atomic E-state index is 10.6. The topological polar surface area (TPSA) is 40.5 Å². The summed E-state index contributed by atoms with van der Waals surface area (Å²) in [6.45, 7) is 5.26. The Balaban J connectivity index is 2.96. The van der Waals surface area contributed by atoms with E-state index in [0.717, 1.165) is 30.3 Å². The number of aliphatic carboxylic acids is 1. The number of rotatable bonds is 6. The summed E-state index contributed by atoms with van der Waals surface area (Å²) in [4.78, 5) is 12.7. The molecule has 0 atom stereocenters. The number of nitrogens with zero attached hydrogens (tertiary/aromatic N) is 1. The summed E-state index contributed by atoms with van der Waals surface area (Å²) in [6.07, 6.45) is 3.81. The van der Waals surface area contributed by atoms with E-state index in [-0.39, 0.29) is 0 Å². The fourth-order valence-corrected chi connectivity index (χ4v) is 1.89. The quantitative estimate of drug-likeness (QED) is 0.804. The van der Waals surface area contributed by atoms with Crippen LogP contribution in [0.5, 0.6) is 0 Å². The fraction of sp³-hybridized carbons (Fsp3) is 0.400. The minimum absolute atomic E-state index is 0.625. The largest absolute Gasteiger partial charge is 0.478 e. The molecule has 1 rings (SSSR count). The molecule has 4 heteroatoms. The number of carboxylic acids is 1. The monoisotopic (exact) mass is 281 g/mol. The number of halogens is 1. The lowest BCUT2D eigenvalue weighted by molar-refractivity contribution is -0.131. The number of hydrogen-bond donors (Lipinski definition) is 1. The van der Waals surface area contributed by atoms with E-state index in [1.165, 1.54) is 0 Å². The SMILES string of the molecule is CC(C)CCN(C)c1cc(Cl)ccc1/C=C/C(=O)O. The molecular weight excluding hydrogens is 262 g/mol. The zero-order valence-corrected chi connectivity index (χ0v) is 12.3. The van der Waals surface area contributed by atoms with Crippen LogP contribution in [-0.4, -0.2) is 24.7 Å². The molecule has 1 aromatic rings. The van der Waals surface area contributed by atoms with Crippen LogP contribution in [0.3, 0.4) is 0 Å². The lowest BCUT2D eigenvalue weighted by Crippen LogP contribution is -2.20. The van der Waals surface area contributed by atoms with E-state index in [4.69, 9.17) is 16.7 Å². The van der Waals surface area contributed by atoms with Gasteiger partial charge in [0.1, 0.15) is 0 Å². The first-order valence-corrected chi connectivity index (χ1v) is 6.69. The molecule has 0 aliphatic carbocycles. The van der Waals surface area contributed by atoms with Crippen molar-refractivity contribution in [3.63, 3.8) is 0 Å². The lowest BCUT2D eigenvalue weighted by Gasteiger charge is -2.22. The number of carboxylic acid groups (broad SMARTS) is 1. The van der Waals surface area contributed by atoms with Crippen LogP contribution in [0.15, 0.2) is 24.3 Å². The molecule has 0 unspecified atom stereocenters. The maximum atomic E-state index is 10.6. The number of anilines is 1. The Morgan fingerprint density at radius 3 is 2.74 bits per heavy atom. The number of benzene rings is 1. The molecule has 1 aromatic carbocycles. The summed E-state index contributed by atoms with van der Waals surface area (Å²) in [6, 6.07) is 5.47. The van der Waals surface area contributed by atoms with Crippen LogP contribution >= 0.6 is 11.6 Å². The van der Waals surface area contributed by atoms with Crippen molar-refractivity contribution in [1.82, 2.24) is 0 Å². The Bertz CT molecular complexity index is 469. The zero-order chi connectivity index (χ0) is 14.4. The Labute approximate surface area is 119 Å².